The Hall–Kier alpha value is -1.36. The van der Waals surface area contributed by atoms with Crippen molar-refractivity contribution in [2.75, 3.05) is 19.9 Å². The summed E-state index contributed by atoms with van der Waals surface area (Å²) >= 11 is 0. The minimum Gasteiger partial charge on any atom is -0.481 e. The highest BCUT2D eigenvalue weighted by molar-refractivity contribution is 5.87. The fourth-order valence-corrected chi connectivity index (χ4v) is 0.954. The van der Waals surface area contributed by atoms with Crippen LogP contribution in [0.5, 0.6) is 0 Å². The Morgan fingerprint density at radius 2 is 2.46 bits per heavy atom. The molecule has 0 bridgehead atoms. The van der Waals surface area contributed by atoms with Gasteiger partial charge in [-0.25, -0.2) is 0 Å². The molecule has 0 unspecified atom stereocenters. The van der Waals surface area contributed by atoms with Crippen molar-refractivity contribution in [1.82, 2.24) is 4.90 Å². The number of carbonyl (C=O) groups excluding carboxylic acids is 1. The highest BCUT2D eigenvalue weighted by Gasteiger charge is 2.13. The van der Waals surface area contributed by atoms with Gasteiger partial charge in [0.2, 0.25) is 5.91 Å². The molecule has 0 aromatic heterocycles. The molecule has 1 aliphatic heterocycles. The van der Waals surface area contributed by atoms with Crippen LogP contribution in [0.3, 0.4) is 0 Å². The summed E-state index contributed by atoms with van der Waals surface area (Å²) in [5.41, 5.74) is 0. The molecule has 0 aliphatic carbocycles. The van der Waals surface area contributed by atoms with Crippen LogP contribution in [-0.4, -0.2) is 41.8 Å². The van der Waals surface area contributed by atoms with E-state index < -0.39 is 5.97 Å². The maximum Gasteiger partial charge on any atom is 0.305 e. The molecule has 0 saturated carbocycles. The van der Waals surface area contributed by atoms with E-state index in [1.807, 2.05) is 0 Å². The number of carbonyl (C=O) groups is 2. The van der Waals surface area contributed by atoms with Crippen LogP contribution in [0, 0.1) is 0 Å². The van der Waals surface area contributed by atoms with Crippen molar-refractivity contribution >= 4 is 11.9 Å². The molecule has 0 saturated heterocycles. The second kappa shape index (κ2) is 4.61. The molecule has 1 aliphatic rings. The van der Waals surface area contributed by atoms with E-state index in [0.717, 1.165) is 0 Å². The fourth-order valence-electron chi connectivity index (χ4n) is 0.954. The van der Waals surface area contributed by atoms with Gasteiger partial charge in [-0.15, -0.1) is 0 Å². The van der Waals surface area contributed by atoms with E-state index in [2.05, 4.69) is 0 Å². The third kappa shape index (κ3) is 3.25. The van der Waals surface area contributed by atoms with Crippen molar-refractivity contribution < 1.29 is 19.4 Å². The van der Waals surface area contributed by atoms with Crippen molar-refractivity contribution in [2.45, 2.75) is 6.42 Å². The smallest absolute Gasteiger partial charge is 0.305 e. The van der Waals surface area contributed by atoms with E-state index >= 15 is 0 Å². The standard InChI is InChI=1S/C8H11NO4/c10-7-2-1-5-13-6-9(7)4-3-8(11)12/h1-2H,3-6H2,(H,11,12). The monoisotopic (exact) mass is 185 g/mol. The first-order chi connectivity index (χ1) is 6.20. The van der Waals surface area contributed by atoms with Gasteiger partial charge in [0.05, 0.1) is 13.0 Å². The lowest BCUT2D eigenvalue weighted by Crippen LogP contribution is -2.32. The highest BCUT2D eigenvalue weighted by atomic mass is 16.5. The number of carboxylic acids is 1. The predicted molar refractivity (Wildman–Crippen MR) is 43.9 cm³/mol. The van der Waals surface area contributed by atoms with Crippen LogP contribution < -0.4 is 0 Å². The summed E-state index contributed by atoms with van der Waals surface area (Å²) in [5.74, 6) is -1.11. The largest absolute Gasteiger partial charge is 0.481 e. The van der Waals surface area contributed by atoms with Crippen LogP contribution in [0.25, 0.3) is 0 Å². The van der Waals surface area contributed by atoms with Crippen LogP contribution in [0.2, 0.25) is 0 Å². The van der Waals surface area contributed by atoms with Gasteiger partial charge in [-0.3, -0.25) is 9.59 Å². The normalized spacial score (nSPS) is 17.2. The molecule has 1 N–H and O–H groups in total. The second-order valence-electron chi connectivity index (χ2n) is 2.65. The fraction of sp³-hybridized carbons (Fsp3) is 0.500. The number of amides is 1. The Labute approximate surface area is 75.6 Å². The molecule has 1 heterocycles. The van der Waals surface area contributed by atoms with E-state index in [9.17, 15) is 9.59 Å². The van der Waals surface area contributed by atoms with Crippen molar-refractivity contribution in [3.8, 4) is 0 Å². The lowest BCUT2D eigenvalue weighted by Gasteiger charge is -2.17. The summed E-state index contributed by atoms with van der Waals surface area (Å²) in [6.07, 6.45) is 2.96. The molecule has 5 heteroatoms. The Balaban J connectivity index is 2.42. The molecule has 0 atom stereocenters. The molecule has 0 aromatic rings. The first-order valence-corrected chi connectivity index (χ1v) is 3.95. The van der Waals surface area contributed by atoms with E-state index in [1.165, 1.54) is 11.0 Å². The van der Waals surface area contributed by atoms with Crippen LogP contribution in [0.4, 0.5) is 0 Å². The molecular formula is C8H11NO4. The number of aliphatic carboxylic acids is 1. The lowest BCUT2D eigenvalue weighted by atomic mass is 10.4. The minimum absolute atomic E-state index is 0.0526. The number of hydrogen-bond acceptors (Lipinski definition) is 3. The number of rotatable bonds is 3. The average molecular weight is 185 g/mol. The molecular weight excluding hydrogens is 174 g/mol. The van der Waals surface area contributed by atoms with Gasteiger partial charge in [0.25, 0.3) is 0 Å². The summed E-state index contributed by atoms with van der Waals surface area (Å²) in [5, 5.41) is 8.40. The molecule has 13 heavy (non-hydrogen) atoms. The van der Waals surface area contributed by atoms with Gasteiger partial charge < -0.3 is 14.7 Å². The second-order valence-corrected chi connectivity index (χ2v) is 2.65. The van der Waals surface area contributed by atoms with Crippen LogP contribution in [-0.2, 0) is 14.3 Å². The van der Waals surface area contributed by atoms with Crippen LogP contribution in [0.1, 0.15) is 6.42 Å². The summed E-state index contributed by atoms with van der Waals surface area (Å²) in [6.45, 7) is 0.757. The van der Waals surface area contributed by atoms with Gasteiger partial charge in [-0.05, 0) is 0 Å². The zero-order valence-corrected chi connectivity index (χ0v) is 7.10. The molecule has 1 amide bonds. The molecule has 0 aromatic carbocycles. The zero-order valence-electron chi connectivity index (χ0n) is 7.10. The maximum atomic E-state index is 11.2. The van der Waals surface area contributed by atoms with E-state index in [0.29, 0.717) is 6.61 Å². The summed E-state index contributed by atoms with van der Waals surface area (Å²) < 4.78 is 5.04. The van der Waals surface area contributed by atoms with E-state index in [1.54, 1.807) is 6.08 Å². The van der Waals surface area contributed by atoms with Crippen LogP contribution in [0.15, 0.2) is 12.2 Å². The van der Waals surface area contributed by atoms with E-state index in [4.69, 9.17) is 9.84 Å². The van der Waals surface area contributed by atoms with Gasteiger partial charge in [-0.2, -0.15) is 0 Å². The van der Waals surface area contributed by atoms with E-state index in [-0.39, 0.29) is 25.6 Å². The van der Waals surface area contributed by atoms with Crippen molar-refractivity contribution in [1.29, 1.82) is 0 Å². The summed E-state index contributed by atoms with van der Waals surface area (Å²) in [6, 6.07) is 0. The van der Waals surface area contributed by atoms with Gasteiger partial charge in [0.15, 0.2) is 0 Å². The summed E-state index contributed by atoms with van der Waals surface area (Å²) in [7, 11) is 0. The predicted octanol–water partition coefficient (Wildman–Crippen LogP) is -0.166. The Bertz CT molecular complexity index is 236. The Morgan fingerprint density at radius 1 is 1.69 bits per heavy atom. The Kier molecular flexibility index (Phi) is 3.45. The van der Waals surface area contributed by atoms with Crippen molar-refractivity contribution in [3.63, 3.8) is 0 Å². The van der Waals surface area contributed by atoms with Gasteiger partial charge in [0.1, 0.15) is 6.73 Å². The molecule has 0 fully saturated rings. The highest BCUT2D eigenvalue weighted by Crippen LogP contribution is 1.99. The topological polar surface area (TPSA) is 66.8 Å². The third-order valence-electron chi connectivity index (χ3n) is 1.63. The number of hydrogen-bond donors (Lipinski definition) is 1. The first kappa shape index (κ1) is 9.73. The summed E-state index contributed by atoms with van der Waals surface area (Å²) in [4.78, 5) is 22.8. The third-order valence-corrected chi connectivity index (χ3v) is 1.63. The zero-order chi connectivity index (χ0) is 9.68. The average Bonchev–Trinajstić information content (AvgIpc) is 2.27. The first-order valence-electron chi connectivity index (χ1n) is 3.95. The lowest BCUT2D eigenvalue weighted by molar-refractivity contribution is -0.138. The van der Waals surface area contributed by atoms with Crippen LogP contribution >= 0.6 is 0 Å². The molecule has 5 nitrogen and oxygen atoms in total. The molecule has 0 radical (unpaired) electrons. The molecule has 72 valence electrons. The van der Waals surface area contributed by atoms with Crippen molar-refractivity contribution in [3.05, 3.63) is 12.2 Å². The quantitative estimate of drug-likeness (QED) is 0.663. The number of ether oxygens (including phenoxy) is 1. The molecule has 1 rings (SSSR count). The molecule has 0 spiro atoms. The van der Waals surface area contributed by atoms with Gasteiger partial charge >= 0.3 is 5.97 Å². The minimum atomic E-state index is -0.916. The van der Waals surface area contributed by atoms with Gasteiger partial charge in [0, 0.05) is 12.6 Å². The maximum absolute atomic E-state index is 11.2. The SMILES string of the molecule is O=C(O)CCN1COCC=CC1=O. The number of nitrogens with zero attached hydrogens (tertiary/aromatic N) is 1. The van der Waals surface area contributed by atoms with Gasteiger partial charge in [-0.1, -0.05) is 6.08 Å². The number of carboxylic acid groups (broad SMARTS) is 1. The van der Waals surface area contributed by atoms with Crippen molar-refractivity contribution in [2.24, 2.45) is 0 Å². The Morgan fingerprint density at radius 3 is 3.15 bits per heavy atom.